The molecule has 0 aliphatic carbocycles. The predicted molar refractivity (Wildman–Crippen MR) is 224 cm³/mol. The first-order valence-corrected chi connectivity index (χ1v) is 17.0. The van der Waals surface area contributed by atoms with Crippen molar-refractivity contribution >= 4 is 66.9 Å². The molecule has 0 aliphatic rings. The molecule has 6 N–H and O–H groups in total. The lowest BCUT2D eigenvalue weighted by molar-refractivity contribution is -0.137. The predicted octanol–water partition coefficient (Wildman–Crippen LogP) is 9.58. The number of aromatic amines is 2. The number of nitrogen functional groups attached to an aromatic ring is 1. The minimum Gasteiger partial charge on any atom is -0.497 e. The van der Waals surface area contributed by atoms with E-state index in [1.165, 1.54) is 10.8 Å². The molecule has 11 nitrogen and oxygen atoms in total. The minimum absolute atomic E-state index is 0. The van der Waals surface area contributed by atoms with Gasteiger partial charge >= 0.3 is 5.97 Å². The monoisotopic (exact) mass is 740 g/mol. The van der Waals surface area contributed by atoms with Crippen molar-refractivity contribution in [3.63, 3.8) is 0 Å². The number of nitrogens with zero attached hydrogens (tertiary/aromatic N) is 2. The van der Waals surface area contributed by atoms with Crippen LogP contribution in [0.5, 0.6) is 11.5 Å². The topological polar surface area (TPSA) is 168 Å². The molecule has 1 amide bonds. The highest BCUT2D eigenvalue weighted by Gasteiger charge is 2.08. The fourth-order valence-electron chi connectivity index (χ4n) is 6.00. The number of carbonyl (C=O) groups is 2. The number of fused-ring (bicyclic) bond motifs is 6. The number of carbonyl (C=O) groups excluding carboxylic acids is 1. The third-order valence-electron chi connectivity index (χ3n) is 8.64. The summed E-state index contributed by atoms with van der Waals surface area (Å²) in [5.74, 6) is 0.789. The molecule has 284 valence electrons. The molecule has 8 rings (SSSR count). The van der Waals surface area contributed by atoms with E-state index in [0.29, 0.717) is 19.3 Å². The van der Waals surface area contributed by atoms with Gasteiger partial charge in [0.25, 0.3) is 0 Å². The molecule has 0 saturated heterocycles. The van der Waals surface area contributed by atoms with Crippen LogP contribution in [0.15, 0.2) is 122 Å². The van der Waals surface area contributed by atoms with Gasteiger partial charge in [0.05, 0.1) is 37.6 Å². The van der Waals surface area contributed by atoms with Gasteiger partial charge in [0.1, 0.15) is 11.5 Å². The third kappa shape index (κ3) is 10.6. The highest BCUT2D eigenvalue weighted by atomic mass is 16.5. The number of ether oxygens (including phenoxy) is 2. The van der Waals surface area contributed by atoms with Crippen LogP contribution in [0.2, 0.25) is 0 Å². The summed E-state index contributed by atoms with van der Waals surface area (Å²) in [7, 11) is 3.23. The minimum atomic E-state index is -0.775. The summed E-state index contributed by atoms with van der Waals surface area (Å²) in [6, 6.07) is 31.0. The van der Waals surface area contributed by atoms with Crippen molar-refractivity contribution < 1.29 is 24.2 Å². The number of pyridine rings is 2. The van der Waals surface area contributed by atoms with Gasteiger partial charge in [-0.1, -0.05) is 51.3 Å². The molecule has 11 heteroatoms. The number of nitrogens with one attached hydrogen (secondary N) is 3. The largest absolute Gasteiger partial charge is 0.497 e. The van der Waals surface area contributed by atoms with Gasteiger partial charge in [-0.15, -0.1) is 0 Å². The number of aliphatic carboxylic acids is 1. The van der Waals surface area contributed by atoms with Crippen LogP contribution < -0.4 is 20.5 Å². The molecule has 0 saturated carbocycles. The van der Waals surface area contributed by atoms with Crippen molar-refractivity contribution in [2.24, 2.45) is 0 Å². The molecule has 0 unspecified atom stereocenters. The van der Waals surface area contributed by atoms with E-state index in [1.807, 2.05) is 109 Å². The summed E-state index contributed by atoms with van der Waals surface area (Å²) in [5.41, 5.74) is 13.4. The van der Waals surface area contributed by atoms with Crippen LogP contribution in [0.1, 0.15) is 38.8 Å². The summed E-state index contributed by atoms with van der Waals surface area (Å²) in [6.07, 6.45) is 9.01. The van der Waals surface area contributed by atoms with Gasteiger partial charge < -0.3 is 35.6 Å². The lowest BCUT2D eigenvalue weighted by Gasteiger charge is -2.07. The molecule has 4 aromatic carbocycles. The van der Waals surface area contributed by atoms with E-state index in [1.54, 1.807) is 26.6 Å². The van der Waals surface area contributed by atoms with Crippen LogP contribution in [0, 0.1) is 0 Å². The second-order valence-corrected chi connectivity index (χ2v) is 12.3. The van der Waals surface area contributed by atoms with E-state index in [-0.39, 0.29) is 27.2 Å². The molecule has 0 spiro atoms. The van der Waals surface area contributed by atoms with E-state index in [2.05, 4.69) is 25.3 Å². The summed E-state index contributed by atoms with van der Waals surface area (Å²) in [6.45, 7) is 0. The maximum Gasteiger partial charge on any atom is 0.303 e. The van der Waals surface area contributed by atoms with E-state index < -0.39 is 5.97 Å². The van der Waals surface area contributed by atoms with Crippen LogP contribution in [0.4, 0.5) is 11.4 Å². The zero-order chi connectivity index (χ0) is 37.2. The zero-order valence-corrected chi connectivity index (χ0v) is 29.4. The Bertz CT molecular complexity index is 2510. The Morgan fingerprint density at radius 1 is 0.655 bits per heavy atom. The number of amides is 1. The SMILES string of the molecule is C.C.COc1cccc(CCC(=O)Nc2ccc3c(c2)[nH]c2cnccc23)c1.COc1cccc(CCC(=O)O)c1.Nc1ccc2c(c1)[nH]c1cnccc12. The van der Waals surface area contributed by atoms with Gasteiger partial charge in [-0.3, -0.25) is 19.6 Å². The van der Waals surface area contributed by atoms with E-state index >= 15 is 0 Å². The van der Waals surface area contributed by atoms with Crippen molar-refractivity contribution in [1.29, 1.82) is 0 Å². The Morgan fingerprint density at radius 3 is 1.71 bits per heavy atom. The van der Waals surface area contributed by atoms with Crippen molar-refractivity contribution in [3.05, 3.63) is 133 Å². The lowest BCUT2D eigenvalue weighted by atomic mass is 10.1. The summed E-state index contributed by atoms with van der Waals surface area (Å²) < 4.78 is 10.2. The Morgan fingerprint density at radius 2 is 1.16 bits per heavy atom. The number of rotatable bonds is 9. The quantitative estimate of drug-likeness (QED) is 0.0912. The standard InChI is InChI=1S/C21H19N3O2.C11H9N3.C10H12O3.2CH4/c1-26-16-4-2-3-14(11-16)5-8-21(25)23-15-6-7-17-18-9-10-22-13-20(18)24-19(17)12-15;12-7-1-2-8-9-3-4-13-6-11(9)14-10(8)5-7;1-13-9-4-2-3-8(7-9)5-6-10(11)12;;/h2-4,6-7,9-13,24H,5,8H2,1H3,(H,23,25);1-6,14H,12H2;2-4,7H,5-6H2,1H3,(H,11,12);2*1H4. The van der Waals surface area contributed by atoms with Gasteiger partial charge in [-0.25, -0.2) is 0 Å². The number of H-pyrrole nitrogens is 2. The number of benzene rings is 4. The molecule has 8 aromatic rings. The average molecular weight is 741 g/mol. The van der Waals surface area contributed by atoms with Crippen LogP contribution in [0.3, 0.4) is 0 Å². The lowest BCUT2D eigenvalue weighted by Crippen LogP contribution is -2.12. The molecule has 0 aliphatic heterocycles. The maximum absolute atomic E-state index is 12.3. The molecular weight excluding hydrogens is 693 g/mol. The van der Waals surface area contributed by atoms with Gasteiger partial charge in [0, 0.05) is 69.2 Å². The Labute approximate surface area is 320 Å². The molecule has 0 atom stereocenters. The van der Waals surface area contributed by atoms with Crippen LogP contribution in [-0.2, 0) is 22.4 Å². The Balaban J connectivity index is 0.000000197. The fraction of sp³-hybridized carbons (Fsp3) is 0.182. The van der Waals surface area contributed by atoms with Crippen molar-refractivity contribution in [2.75, 3.05) is 25.3 Å². The molecule has 4 heterocycles. The average Bonchev–Trinajstić information content (AvgIpc) is 3.74. The van der Waals surface area contributed by atoms with Crippen molar-refractivity contribution in [2.45, 2.75) is 40.5 Å². The van der Waals surface area contributed by atoms with Crippen molar-refractivity contribution in [1.82, 2.24) is 19.9 Å². The Hall–Kier alpha value is -6.88. The van der Waals surface area contributed by atoms with E-state index in [4.69, 9.17) is 20.3 Å². The number of hydrogen-bond donors (Lipinski definition) is 5. The Kier molecular flexibility index (Phi) is 14.3. The highest BCUT2D eigenvalue weighted by molar-refractivity contribution is 6.09. The molecule has 0 bridgehead atoms. The second kappa shape index (κ2) is 19.3. The highest BCUT2D eigenvalue weighted by Crippen LogP contribution is 2.28. The third-order valence-corrected chi connectivity index (χ3v) is 8.64. The molecule has 0 radical (unpaired) electrons. The molecule has 4 aromatic heterocycles. The number of carboxylic acids is 1. The van der Waals surface area contributed by atoms with Crippen LogP contribution in [-0.4, -0.2) is 51.1 Å². The van der Waals surface area contributed by atoms with Gasteiger partial charge in [-0.05, 0) is 84.6 Å². The van der Waals surface area contributed by atoms with Gasteiger partial charge in [0.2, 0.25) is 5.91 Å². The number of hydrogen-bond acceptors (Lipinski definition) is 7. The molecule has 55 heavy (non-hydrogen) atoms. The van der Waals surface area contributed by atoms with E-state index in [9.17, 15) is 9.59 Å². The van der Waals surface area contributed by atoms with E-state index in [0.717, 1.165) is 66.8 Å². The second-order valence-electron chi connectivity index (χ2n) is 12.3. The normalized spacial score (nSPS) is 10.3. The summed E-state index contributed by atoms with van der Waals surface area (Å²) in [5, 5.41) is 16.1. The molecular formula is C44H48N6O5. The first-order valence-electron chi connectivity index (χ1n) is 17.0. The maximum atomic E-state index is 12.3. The van der Waals surface area contributed by atoms with Crippen LogP contribution >= 0.6 is 0 Å². The number of aromatic nitrogens is 4. The van der Waals surface area contributed by atoms with Gasteiger partial charge in [-0.2, -0.15) is 0 Å². The summed E-state index contributed by atoms with van der Waals surface area (Å²) in [4.78, 5) is 37.4. The first-order chi connectivity index (χ1) is 25.8. The number of carboxylic acid groups (broad SMARTS) is 1. The van der Waals surface area contributed by atoms with Crippen molar-refractivity contribution in [3.8, 4) is 11.5 Å². The number of methoxy groups -OCH3 is 2. The summed E-state index contributed by atoms with van der Waals surface area (Å²) >= 11 is 0. The first kappa shape index (κ1) is 40.9. The number of nitrogens with two attached hydrogens (primary N) is 1. The zero-order valence-electron chi connectivity index (χ0n) is 29.4. The van der Waals surface area contributed by atoms with Crippen LogP contribution in [0.25, 0.3) is 43.6 Å². The van der Waals surface area contributed by atoms with Gasteiger partial charge in [0.15, 0.2) is 0 Å². The number of aryl methyl sites for hydroxylation is 2. The molecule has 0 fully saturated rings. The number of anilines is 2. The fourth-order valence-corrected chi connectivity index (χ4v) is 6.00. The smallest absolute Gasteiger partial charge is 0.303 e.